The summed E-state index contributed by atoms with van der Waals surface area (Å²) in [7, 11) is 0. The van der Waals surface area contributed by atoms with Gasteiger partial charge in [-0.15, -0.1) is 0 Å². The van der Waals surface area contributed by atoms with Gasteiger partial charge >= 0.3 is 0 Å². The smallest absolute Gasteiger partial charge is 0.276 e. The first-order chi connectivity index (χ1) is 8.00. The van der Waals surface area contributed by atoms with E-state index in [1.165, 1.54) is 6.33 Å². The SMILES string of the molecule is CCOc1ncnc(NCC(F)(F)CN)c1C. The highest BCUT2D eigenvalue weighted by atomic mass is 19.3. The highest BCUT2D eigenvalue weighted by Crippen LogP contribution is 2.21. The molecule has 0 aliphatic rings. The van der Waals surface area contributed by atoms with E-state index in [-0.39, 0.29) is 0 Å². The molecular formula is C10H16F2N4O. The van der Waals surface area contributed by atoms with Crippen LogP contribution in [-0.4, -0.2) is 35.6 Å². The number of halogens is 2. The average Bonchev–Trinajstić information content (AvgIpc) is 2.31. The van der Waals surface area contributed by atoms with Gasteiger partial charge in [-0.1, -0.05) is 0 Å². The van der Waals surface area contributed by atoms with Gasteiger partial charge in [-0.2, -0.15) is 0 Å². The zero-order chi connectivity index (χ0) is 12.9. The lowest BCUT2D eigenvalue weighted by Crippen LogP contribution is -2.35. The maximum atomic E-state index is 13.0. The Kier molecular flexibility index (Phi) is 4.56. The van der Waals surface area contributed by atoms with Crippen molar-refractivity contribution in [2.45, 2.75) is 19.8 Å². The molecule has 7 heteroatoms. The predicted molar refractivity (Wildman–Crippen MR) is 60.4 cm³/mol. The number of aromatic nitrogens is 2. The highest BCUT2D eigenvalue weighted by Gasteiger charge is 2.26. The Morgan fingerprint density at radius 3 is 2.76 bits per heavy atom. The summed E-state index contributed by atoms with van der Waals surface area (Å²) in [5.74, 6) is -2.24. The molecule has 0 unspecified atom stereocenters. The summed E-state index contributed by atoms with van der Waals surface area (Å²) in [5.41, 5.74) is 5.54. The van der Waals surface area contributed by atoms with Crippen LogP contribution < -0.4 is 15.8 Å². The maximum Gasteiger partial charge on any atom is 0.276 e. The molecular weight excluding hydrogens is 230 g/mol. The van der Waals surface area contributed by atoms with Crippen molar-refractivity contribution in [3.63, 3.8) is 0 Å². The molecule has 0 aliphatic heterocycles. The number of nitrogens with one attached hydrogen (secondary N) is 1. The minimum absolute atomic E-state index is 0.330. The molecule has 0 spiro atoms. The van der Waals surface area contributed by atoms with Crippen molar-refractivity contribution >= 4 is 5.82 Å². The van der Waals surface area contributed by atoms with Crippen molar-refractivity contribution in [1.29, 1.82) is 0 Å². The molecule has 1 aromatic heterocycles. The van der Waals surface area contributed by atoms with Gasteiger partial charge in [-0.25, -0.2) is 18.7 Å². The third-order valence-corrected chi connectivity index (χ3v) is 2.13. The molecule has 1 heterocycles. The predicted octanol–water partition coefficient (Wildman–Crippen LogP) is 1.19. The fourth-order valence-electron chi connectivity index (χ4n) is 1.18. The van der Waals surface area contributed by atoms with Crippen LogP contribution >= 0.6 is 0 Å². The van der Waals surface area contributed by atoms with E-state index in [4.69, 9.17) is 10.5 Å². The van der Waals surface area contributed by atoms with Crippen LogP contribution in [-0.2, 0) is 0 Å². The Balaban J connectivity index is 2.75. The van der Waals surface area contributed by atoms with Crippen molar-refractivity contribution < 1.29 is 13.5 Å². The summed E-state index contributed by atoms with van der Waals surface area (Å²) in [5, 5.41) is 2.54. The lowest BCUT2D eigenvalue weighted by atomic mass is 10.3. The number of alkyl halides is 2. The van der Waals surface area contributed by atoms with Gasteiger partial charge in [0.2, 0.25) is 5.88 Å². The number of nitrogens with zero attached hydrogens (tertiary/aromatic N) is 2. The fraction of sp³-hybridized carbons (Fsp3) is 0.600. The Morgan fingerprint density at radius 1 is 1.47 bits per heavy atom. The zero-order valence-corrected chi connectivity index (χ0v) is 9.83. The van der Waals surface area contributed by atoms with Gasteiger partial charge in [0, 0.05) is 0 Å². The van der Waals surface area contributed by atoms with E-state index in [0.29, 0.717) is 23.9 Å². The minimum Gasteiger partial charge on any atom is -0.478 e. The topological polar surface area (TPSA) is 73.1 Å². The van der Waals surface area contributed by atoms with Gasteiger partial charge in [0.25, 0.3) is 5.92 Å². The van der Waals surface area contributed by atoms with Crippen LogP contribution in [0.3, 0.4) is 0 Å². The summed E-state index contributed by atoms with van der Waals surface area (Å²) >= 11 is 0. The first kappa shape index (κ1) is 13.6. The van der Waals surface area contributed by atoms with Gasteiger partial charge < -0.3 is 15.8 Å². The molecule has 1 rings (SSSR count). The third-order valence-electron chi connectivity index (χ3n) is 2.13. The molecule has 0 saturated heterocycles. The number of rotatable bonds is 6. The van der Waals surface area contributed by atoms with Crippen molar-refractivity contribution in [1.82, 2.24) is 9.97 Å². The molecule has 0 bridgehead atoms. The highest BCUT2D eigenvalue weighted by molar-refractivity contribution is 5.47. The Hall–Kier alpha value is -1.50. The molecule has 0 amide bonds. The molecule has 0 aliphatic carbocycles. The van der Waals surface area contributed by atoms with Crippen LogP contribution in [0.4, 0.5) is 14.6 Å². The standard InChI is InChI=1S/C10H16F2N4O/c1-3-17-9-7(2)8(15-6-16-9)14-5-10(11,12)4-13/h6H,3-5,13H2,1-2H3,(H,14,15,16). The van der Waals surface area contributed by atoms with Crippen molar-refractivity contribution in [3.05, 3.63) is 11.9 Å². The quantitative estimate of drug-likeness (QED) is 0.788. The molecule has 1 aromatic rings. The van der Waals surface area contributed by atoms with E-state index in [1.807, 2.05) is 6.92 Å². The summed E-state index contributed by atoms with van der Waals surface area (Å²) < 4.78 is 31.1. The third kappa shape index (κ3) is 3.77. The molecule has 0 aromatic carbocycles. The van der Waals surface area contributed by atoms with Crippen molar-refractivity contribution in [2.24, 2.45) is 5.73 Å². The Morgan fingerprint density at radius 2 is 2.18 bits per heavy atom. The second-order valence-corrected chi connectivity index (χ2v) is 3.50. The van der Waals surface area contributed by atoms with Gasteiger partial charge in [0.05, 0.1) is 25.3 Å². The van der Waals surface area contributed by atoms with Crippen molar-refractivity contribution in [2.75, 3.05) is 25.0 Å². The largest absolute Gasteiger partial charge is 0.478 e. The van der Waals surface area contributed by atoms with Crippen LogP contribution in [0.25, 0.3) is 0 Å². The molecule has 0 radical (unpaired) electrons. The fourth-order valence-corrected chi connectivity index (χ4v) is 1.18. The average molecular weight is 246 g/mol. The molecule has 17 heavy (non-hydrogen) atoms. The summed E-state index contributed by atoms with van der Waals surface area (Å²) in [4.78, 5) is 7.79. The minimum atomic E-state index is -2.96. The van der Waals surface area contributed by atoms with E-state index in [0.717, 1.165) is 0 Å². The van der Waals surface area contributed by atoms with Gasteiger partial charge in [0.15, 0.2) is 0 Å². The number of anilines is 1. The zero-order valence-electron chi connectivity index (χ0n) is 9.83. The van der Waals surface area contributed by atoms with Gasteiger partial charge in [0.1, 0.15) is 12.1 Å². The number of nitrogens with two attached hydrogens (primary N) is 1. The van der Waals surface area contributed by atoms with Gasteiger partial charge in [-0.05, 0) is 13.8 Å². The molecule has 5 nitrogen and oxygen atoms in total. The van der Waals surface area contributed by atoms with Crippen LogP contribution in [0.5, 0.6) is 5.88 Å². The van der Waals surface area contributed by atoms with Crippen LogP contribution in [0, 0.1) is 6.92 Å². The monoisotopic (exact) mass is 246 g/mol. The van der Waals surface area contributed by atoms with E-state index in [9.17, 15) is 8.78 Å². The molecule has 96 valence electrons. The molecule has 0 saturated carbocycles. The lowest BCUT2D eigenvalue weighted by molar-refractivity contribution is 0.0253. The first-order valence-electron chi connectivity index (χ1n) is 5.26. The molecule has 0 fully saturated rings. The Bertz CT molecular complexity index is 373. The van der Waals surface area contributed by atoms with E-state index in [1.54, 1.807) is 6.92 Å². The summed E-state index contributed by atoms with van der Waals surface area (Å²) in [6.07, 6.45) is 1.26. The van der Waals surface area contributed by atoms with Crippen LogP contribution in [0.15, 0.2) is 6.33 Å². The van der Waals surface area contributed by atoms with E-state index >= 15 is 0 Å². The number of hydrogen-bond donors (Lipinski definition) is 2. The molecule has 3 N–H and O–H groups in total. The van der Waals surface area contributed by atoms with Crippen LogP contribution in [0.1, 0.15) is 12.5 Å². The van der Waals surface area contributed by atoms with Crippen LogP contribution in [0.2, 0.25) is 0 Å². The summed E-state index contributed by atoms with van der Waals surface area (Å²) in [6.45, 7) is 2.71. The summed E-state index contributed by atoms with van der Waals surface area (Å²) in [6, 6.07) is 0. The number of hydrogen-bond acceptors (Lipinski definition) is 5. The normalized spacial score (nSPS) is 11.4. The number of ether oxygens (including phenoxy) is 1. The lowest BCUT2D eigenvalue weighted by Gasteiger charge is -2.16. The van der Waals surface area contributed by atoms with Crippen molar-refractivity contribution in [3.8, 4) is 5.88 Å². The maximum absolute atomic E-state index is 13.0. The van der Waals surface area contributed by atoms with E-state index < -0.39 is 19.0 Å². The van der Waals surface area contributed by atoms with Gasteiger partial charge in [-0.3, -0.25) is 0 Å². The van der Waals surface area contributed by atoms with E-state index in [2.05, 4.69) is 15.3 Å². The second-order valence-electron chi connectivity index (χ2n) is 3.50. The second kappa shape index (κ2) is 5.72. The Labute approximate surface area is 98.4 Å². The molecule has 0 atom stereocenters. The first-order valence-corrected chi connectivity index (χ1v) is 5.26.